The molecule has 2 fully saturated rings. The van der Waals surface area contributed by atoms with Crippen molar-refractivity contribution in [2.24, 2.45) is 0 Å². The highest BCUT2D eigenvalue weighted by Crippen LogP contribution is 2.55. The number of nitrogen functional groups attached to an aromatic ring is 1. The first-order valence-corrected chi connectivity index (χ1v) is 17.4. The van der Waals surface area contributed by atoms with E-state index in [-0.39, 0.29) is 6.61 Å². The third-order valence-electron chi connectivity index (χ3n) is 8.49. The summed E-state index contributed by atoms with van der Waals surface area (Å²) >= 11 is 0. The second kappa shape index (κ2) is 12.8. The predicted octanol–water partition coefficient (Wildman–Crippen LogP) is 5.89. The number of rotatable bonds is 12. The average molecular weight is 668 g/mol. The number of carbonyl (C=O) groups excluding carboxylic acids is 1. The Labute approximate surface area is 273 Å². The number of nitrogens with zero attached hydrogens (tertiary/aromatic N) is 3. The maximum absolute atomic E-state index is 14.7. The fourth-order valence-electron chi connectivity index (χ4n) is 6.35. The number of fused-ring (bicyclic) bond motifs is 3. The van der Waals surface area contributed by atoms with Crippen molar-refractivity contribution in [2.45, 2.75) is 96.4 Å². The van der Waals surface area contributed by atoms with E-state index in [0.717, 1.165) is 17.2 Å². The second-order valence-electron chi connectivity index (χ2n) is 12.6. The summed E-state index contributed by atoms with van der Waals surface area (Å²) in [6.07, 6.45) is 1.72. The molecule has 0 aliphatic carbocycles. The Morgan fingerprint density at radius 2 is 1.87 bits per heavy atom. The van der Waals surface area contributed by atoms with Crippen LogP contribution in [-0.4, -0.2) is 62.9 Å². The first-order valence-electron chi connectivity index (χ1n) is 15.8. The summed E-state index contributed by atoms with van der Waals surface area (Å²) in [6.45, 7) is 11.1. The number of nitrogens with two attached hydrogens (primary N) is 1. The number of carbonyl (C=O) groups is 1. The minimum atomic E-state index is -4.29. The predicted molar refractivity (Wildman–Crippen MR) is 175 cm³/mol. The Morgan fingerprint density at radius 3 is 2.66 bits per heavy atom. The molecule has 7 atom stereocenters. The molecule has 6 rings (SSSR count). The van der Waals surface area contributed by atoms with Crippen molar-refractivity contribution in [1.82, 2.24) is 19.6 Å². The van der Waals surface area contributed by atoms with Crippen molar-refractivity contribution in [1.29, 1.82) is 0 Å². The van der Waals surface area contributed by atoms with Gasteiger partial charge in [0, 0.05) is 11.6 Å². The summed E-state index contributed by atoms with van der Waals surface area (Å²) in [4.78, 5) is 21.4. The van der Waals surface area contributed by atoms with Gasteiger partial charge in [-0.2, -0.15) is 5.09 Å². The van der Waals surface area contributed by atoms with Crippen molar-refractivity contribution in [2.75, 3.05) is 12.3 Å². The van der Waals surface area contributed by atoms with Crippen LogP contribution in [0.2, 0.25) is 0 Å². The molecule has 0 bridgehead atoms. The van der Waals surface area contributed by atoms with E-state index < -0.39 is 55.7 Å². The van der Waals surface area contributed by atoms with E-state index in [0.29, 0.717) is 29.0 Å². The van der Waals surface area contributed by atoms with E-state index in [9.17, 15) is 9.36 Å². The minimum absolute atomic E-state index is 0.252. The third-order valence-corrected chi connectivity index (χ3v) is 10.2. The van der Waals surface area contributed by atoms with Gasteiger partial charge in [-0.15, -0.1) is 0 Å². The summed E-state index contributed by atoms with van der Waals surface area (Å²) < 4.78 is 54.0. The Kier molecular flexibility index (Phi) is 9.07. The molecule has 1 unspecified atom stereocenters. The molecule has 2 saturated heterocycles. The summed E-state index contributed by atoms with van der Waals surface area (Å²) in [7, 11) is -4.29. The van der Waals surface area contributed by atoms with Crippen LogP contribution in [0.25, 0.3) is 21.8 Å². The summed E-state index contributed by atoms with van der Waals surface area (Å²) in [5.41, 5.74) is 5.67. The number of unbranched alkanes of at least 4 members (excludes halogenated alkanes) is 1. The molecule has 2 aliphatic rings. The van der Waals surface area contributed by atoms with Crippen molar-refractivity contribution in [3.05, 3.63) is 61.1 Å². The van der Waals surface area contributed by atoms with Crippen LogP contribution in [0.4, 0.5) is 5.82 Å². The van der Waals surface area contributed by atoms with Gasteiger partial charge in [-0.05, 0) is 58.6 Å². The molecular weight excluding hydrogens is 625 g/mol. The number of anilines is 1. The van der Waals surface area contributed by atoms with Gasteiger partial charge in [-0.3, -0.25) is 9.32 Å². The lowest BCUT2D eigenvalue weighted by atomic mass is 9.94. The molecule has 2 aromatic heterocycles. The minimum Gasteiger partial charge on any atom is -0.465 e. The summed E-state index contributed by atoms with van der Waals surface area (Å²) in [5.74, 6) is -0.874. The smallest absolute Gasteiger partial charge is 0.459 e. The number of nitrogens with one attached hydrogen (secondary N) is 1. The van der Waals surface area contributed by atoms with Gasteiger partial charge >= 0.3 is 13.7 Å². The van der Waals surface area contributed by atoms with Crippen LogP contribution >= 0.6 is 7.75 Å². The summed E-state index contributed by atoms with van der Waals surface area (Å²) in [6, 6.07) is 13.8. The van der Waals surface area contributed by atoms with Crippen LogP contribution in [0, 0.1) is 0 Å². The largest absolute Gasteiger partial charge is 0.465 e. The highest BCUT2D eigenvalue weighted by atomic mass is 31.2. The number of hydrogen-bond donors (Lipinski definition) is 2. The van der Waals surface area contributed by atoms with E-state index in [4.69, 9.17) is 33.7 Å². The summed E-state index contributed by atoms with van der Waals surface area (Å²) in [5, 5.41) is 5.09. The van der Waals surface area contributed by atoms with Gasteiger partial charge in [0.15, 0.2) is 12.0 Å². The number of hydrogen-bond acceptors (Lipinski definition) is 11. The monoisotopic (exact) mass is 667 g/mol. The maximum Gasteiger partial charge on any atom is 0.459 e. The third kappa shape index (κ3) is 6.48. The molecule has 0 saturated carbocycles. The molecular formula is C33H42N5O8P. The first-order chi connectivity index (χ1) is 22.3. The Hall–Kier alpha value is -3.58. The Bertz CT molecular complexity index is 1810. The molecule has 0 radical (unpaired) electrons. The zero-order valence-corrected chi connectivity index (χ0v) is 28.3. The fraction of sp³-hybridized carbons (Fsp3) is 0.485. The fourth-order valence-corrected chi connectivity index (χ4v) is 8.06. The highest BCUT2D eigenvalue weighted by molar-refractivity contribution is 7.52. The van der Waals surface area contributed by atoms with Gasteiger partial charge in [-0.1, -0.05) is 49.7 Å². The molecule has 13 nitrogen and oxygen atoms in total. The Morgan fingerprint density at radius 1 is 1.11 bits per heavy atom. The molecule has 2 aliphatic heterocycles. The molecule has 4 aromatic rings. The number of ether oxygens (including phenoxy) is 4. The van der Waals surface area contributed by atoms with Gasteiger partial charge in [-0.25, -0.2) is 14.5 Å². The standard InChI is InChI=1S/C33H42N5O8P/c1-7-8-18-41-30(39)20(2)37-47(40,45-25-15-11-13-22-12-9-10-14-23(22)25)44-21(3)26-27-33(6,46-32(4,5)43-27)31(42-26)38-17-16-24-28(34)35-19-36-29(24)38/h9-17,19-21,26-27,31H,7-8,18H2,1-6H3,(H,37,40)(H2,34,35,36)/t20-,21+,26+,27+,31+,33+,47?/m0/s1. The van der Waals surface area contributed by atoms with Crippen molar-refractivity contribution >= 4 is 41.3 Å². The van der Waals surface area contributed by atoms with E-state index >= 15 is 0 Å². The second-order valence-corrected chi connectivity index (χ2v) is 14.3. The molecule has 4 heterocycles. The van der Waals surface area contributed by atoms with Gasteiger partial charge in [0.1, 0.15) is 47.4 Å². The average Bonchev–Trinajstić information content (AvgIpc) is 3.64. The SMILES string of the molecule is CCCCOC(=O)[C@H](C)NP(=O)(Oc1cccc2ccccc12)O[C@H](C)[C@H]1O[C@@H](n2ccc3c(N)ncnc32)[C@]2(C)OC(C)(C)O[C@H]12. The zero-order chi connectivity index (χ0) is 33.6. The lowest BCUT2D eigenvalue weighted by Gasteiger charge is -2.31. The molecule has 0 spiro atoms. The molecule has 0 amide bonds. The Balaban J connectivity index is 1.32. The highest BCUT2D eigenvalue weighted by Gasteiger charge is 2.66. The number of benzene rings is 2. The van der Waals surface area contributed by atoms with Gasteiger partial charge < -0.3 is 33.8 Å². The topological polar surface area (TPSA) is 158 Å². The lowest BCUT2D eigenvalue weighted by molar-refractivity contribution is -0.220. The van der Waals surface area contributed by atoms with Gasteiger partial charge in [0.05, 0.1) is 18.1 Å². The molecule has 47 heavy (non-hydrogen) atoms. The first kappa shape index (κ1) is 33.3. The maximum atomic E-state index is 14.7. The van der Waals surface area contributed by atoms with Gasteiger partial charge in [0.25, 0.3) is 0 Å². The van der Waals surface area contributed by atoms with Crippen LogP contribution < -0.4 is 15.3 Å². The van der Waals surface area contributed by atoms with E-state index in [1.807, 2.05) is 74.9 Å². The quantitative estimate of drug-likeness (QED) is 0.105. The molecule has 3 N–H and O–H groups in total. The molecule has 2 aromatic carbocycles. The lowest BCUT2D eigenvalue weighted by Crippen LogP contribution is -2.44. The molecule has 14 heteroatoms. The normalized spacial score (nSPS) is 26.1. The van der Waals surface area contributed by atoms with Crippen LogP contribution in [0.5, 0.6) is 5.75 Å². The number of aromatic nitrogens is 3. The number of esters is 1. The zero-order valence-electron chi connectivity index (χ0n) is 27.4. The van der Waals surface area contributed by atoms with Crippen molar-refractivity contribution < 1.29 is 37.4 Å². The van der Waals surface area contributed by atoms with Crippen LogP contribution in [-0.2, 0) is 32.8 Å². The van der Waals surface area contributed by atoms with E-state index in [1.54, 1.807) is 26.0 Å². The van der Waals surface area contributed by atoms with Crippen molar-refractivity contribution in [3.63, 3.8) is 0 Å². The molecule has 252 valence electrons. The van der Waals surface area contributed by atoms with Crippen LogP contribution in [0.15, 0.2) is 61.1 Å². The van der Waals surface area contributed by atoms with E-state index in [1.165, 1.54) is 6.33 Å². The van der Waals surface area contributed by atoms with Gasteiger partial charge in [0.2, 0.25) is 0 Å². The van der Waals surface area contributed by atoms with Crippen LogP contribution in [0.1, 0.15) is 60.6 Å². The van der Waals surface area contributed by atoms with Crippen LogP contribution in [0.3, 0.4) is 0 Å². The van der Waals surface area contributed by atoms with E-state index in [2.05, 4.69) is 15.1 Å². The van der Waals surface area contributed by atoms with Crippen molar-refractivity contribution in [3.8, 4) is 5.75 Å².